The Balaban J connectivity index is 2.41. The summed E-state index contributed by atoms with van der Waals surface area (Å²) in [6.45, 7) is 7.01. The molecule has 1 aromatic heterocycles. The van der Waals surface area contributed by atoms with Crippen LogP contribution < -0.4 is 5.32 Å². The van der Waals surface area contributed by atoms with Crippen molar-refractivity contribution < 1.29 is 14.3 Å². The molecule has 0 aliphatic rings. The normalized spacial score (nSPS) is 11.8. The van der Waals surface area contributed by atoms with Gasteiger partial charge in [0, 0.05) is 5.92 Å². The van der Waals surface area contributed by atoms with Gasteiger partial charge in [-0.1, -0.05) is 19.9 Å². The first-order valence-electron chi connectivity index (χ1n) is 7.40. The van der Waals surface area contributed by atoms with Crippen LogP contribution in [0.4, 0.5) is 4.39 Å². The fourth-order valence-electron chi connectivity index (χ4n) is 1.99. The molecule has 1 amide bonds. The van der Waals surface area contributed by atoms with E-state index in [-0.39, 0.29) is 24.2 Å². The first-order valence-corrected chi connectivity index (χ1v) is 7.40. The van der Waals surface area contributed by atoms with Crippen LogP contribution in [0.1, 0.15) is 50.1 Å². The lowest BCUT2D eigenvalue weighted by molar-refractivity contribution is 0.0858. The lowest BCUT2D eigenvalue weighted by Gasteiger charge is -2.22. The van der Waals surface area contributed by atoms with Crippen LogP contribution >= 0.6 is 0 Å². The second-order valence-electron chi connectivity index (χ2n) is 6.34. The van der Waals surface area contributed by atoms with Crippen LogP contribution in [0.15, 0.2) is 24.3 Å². The van der Waals surface area contributed by atoms with Crippen LogP contribution in [-0.4, -0.2) is 37.9 Å². The minimum Gasteiger partial charge on any atom is -0.394 e. The van der Waals surface area contributed by atoms with Gasteiger partial charge < -0.3 is 10.4 Å². The molecule has 0 aliphatic carbocycles. The smallest absolute Gasteiger partial charge is 0.291 e. The summed E-state index contributed by atoms with van der Waals surface area (Å²) in [5.74, 6) is -0.332. The zero-order valence-electron chi connectivity index (χ0n) is 13.7. The van der Waals surface area contributed by atoms with Crippen LogP contribution in [-0.2, 0) is 0 Å². The minimum absolute atomic E-state index is 0.00170. The van der Waals surface area contributed by atoms with Gasteiger partial charge in [-0.15, -0.1) is 5.10 Å². The van der Waals surface area contributed by atoms with Crippen LogP contribution in [0.3, 0.4) is 0 Å². The van der Waals surface area contributed by atoms with E-state index in [9.17, 15) is 14.3 Å². The molecule has 0 aliphatic heterocycles. The van der Waals surface area contributed by atoms with Crippen molar-refractivity contribution in [3.05, 3.63) is 41.7 Å². The van der Waals surface area contributed by atoms with Gasteiger partial charge in [0.2, 0.25) is 5.82 Å². The van der Waals surface area contributed by atoms with Gasteiger partial charge in [0.15, 0.2) is 0 Å². The van der Waals surface area contributed by atoms with Crippen molar-refractivity contribution in [2.24, 2.45) is 0 Å². The zero-order valence-corrected chi connectivity index (χ0v) is 13.7. The fraction of sp³-hybridized carbons (Fsp3) is 0.438. The van der Waals surface area contributed by atoms with Gasteiger partial charge in [0.25, 0.3) is 5.91 Å². The van der Waals surface area contributed by atoms with Gasteiger partial charge in [0.1, 0.15) is 11.6 Å². The molecule has 2 rings (SSSR count). The fourth-order valence-corrected chi connectivity index (χ4v) is 1.99. The van der Waals surface area contributed by atoms with Crippen LogP contribution in [0.25, 0.3) is 5.69 Å². The number of nitrogens with one attached hydrogen (secondary N) is 1. The molecule has 0 atom stereocenters. The van der Waals surface area contributed by atoms with E-state index < -0.39 is 11.4 Å². The summed E-state index contributed by atoms with van der Waals surface area (Å²) in [5.41, 5.74) is -0.277. The number of aromatic nitrogens is 3. The SMILES string of the molecule is CC(C)c1nc(C(=O)NC(C)(C)CO)nn1-c1cccc(F)c1. The van der Waals surface area contributed by atoms with Crippen LogP contribution in [0.2, 0.25) is 0 Å². The maximum Gasteiger partial charge on any atom is 0.291 e. The van der Waals surface area contributed by atoms with Gasteiger partial charge >= 0.3 is 0 Å². The number of benzene rings is 1. The topological polar surface area (TPSA) is 80.0 Å². The Bertz CT molecular complexity index is 710. The molecule has 0 spiro atoms. The van der Waals surface area contributed by atoms with Crippen molar-refractivity contribution in [1.82, 2.24) is 20.1 Å². The molecule has 23 heavy (non-hydrogen) atoms. The summed E-state index contributed by atoms with van der Waals surface area (Å²) in [7, 11) is 0. The van der Waals surface area contributed by atoms with Gasteiger partial charge in [-0.2, -0.15) is 0 Å². The quantitative estimate of drug-likeness (QED) is 0.883. The van der Waals surface area contributed by atoms with Gasteiger partial charge in [0.05, 0.1) is 17.8 Å². The highest BCUT2D eigenvalue weighted by molar-refractivity contribution is 5.91. The molecule has 2 aromatic rings. The minimum atomic E-state index is -0.778. The van der Waals surface area contributed by atoms with Crippen molar-refractivity contribution in [3.63, 3.8) is 0 Å². The molecule has 1 aromatic carbocycles. The van der Waals surface area contributed by atoms with E-state index in [0.717, 1.165) is 0 Å². The molecule has 7 heteroatoms. The van der Waals surface area contributed by atoms with Crippen molar-refractivity contribution in [2.75, 3.05) is 6.61 Å². The molecule has 0 saturated heterocycles. The molecule has 0 fully saturated rings. The second kappa shape index (κ2) is 6.45. The Morgan fingerprint density at radius 1 is 1.43 bits per heavy atom. The van der Waals surface area contributed by atoms with E-state index in [4.69, 9.17) is 0 Å². The monoisotopic (exact) mass is 320 g/mol. The number of hydrogen-bond donors (Lipinski definition) is 2. The second-order valence-corrected chi connectivity index (χ2v) is 6.34. The predicted molar refractivity (Wildman–Crippen MR) is 84.0 cm³/mol. The lowest BCUT2D eigenvalue weighted by Crippen LogP contribution is -2.46. The number of amides is 1. The molecule has 0 radical (unpaired) electrons. The summed E-state index contributed by atoms with van der Waals surface area (Å²) in [5, 5.41) is 16.1. The van der Waals surface area contributed by atoms with Crippen LogP contribution in [0.5, 0.6) is 0 Å². The molecule has 124 valence electrons. The van der Waals surface area contributed by atoms with E-state index >= 15 is 0 Å². The van der Waals surface area contributed by atoms with E-state index in [0.29, 0.717) is 11.5 Å². The number of hydrogen-bond acceptors (Lipinski definition) is 4. The summed E-state index contributed by atoms with van der Waals surface area (Å²) in [6, 6.07) is 5.95. The maximum absolute atomic E-state index is 13.5. The third kappa shape index (κ3) is 3.92. The molecule has 0 bridgehead atoms. The van der Waals surface area contributed by atoms with Crippen molar-refractivity contribution in [2.45, 2.75) is 39.2 Å². The first kappa shape index (κ1) is 17.1. The van der Waals surface area contributed by atoms with Crippen LogP contribution in [0, 0.1) is 5.82 Å². The summed E-state index contributed by atoms with van der Waals surface area (Å²) in [4.78, 5) is 16.5. The average Bonchev–Trinajstić information content (AvgIpc) is 2.92. The third-order valence-corrected chi connectivity index (χ3v) is 3.25. The predicted octanol–water partition coefficient (Wildman–Crippen LogP) is 2.03. The Morgan fingerprint density at radius 3 is 2.70 bits per heavy atom. The molecular formula is C16H21FN4O2. The maximum atomic E-state index is 13.5. The number of nitrogens with zero attached hydrogens (tertiary/aromatic N) is 3. The number of aliphatic hydroxyl groups excluding tert-OH is 1. The Morgan fingerprint density at radius 2 is 2.13 bits per heavy atom. The van der Waals surface area contributed by atoms with E-state index in [1.807, 2.05) is 13.8 Å². The Hall–Kier alpha value is -2.28. The lowest BCUT2D eigenvalue weighted by atomic mass is 10.1. The van der Waals surface area contributed by atoms with Crippen molar-refractivity contribution in [3.8, 4) is 5.69 Å². The number of rotatable bonds is 5. The summed E-state index contributed by atoms with van der Waals surface area (Å²) >= 11 is 0. The number of carbonyl (C=O) groups is 1. The average molecular weight is 320 g/mol. The highest BCUT2D eigenvalue weighted by Crippen LogP contribution is 2.18. The molecule has 2 N–H and O–H groups in total. The zero-order chi connectivity index (χ0) is 17.2. The highest BCUT2D eigenvalue weighted by atomic mass is 19.1. The molecule has 1 heterocycles. The number of halogens is 1. The molecule has 0 unspecified atom stereocenters. The standard InChI is InChI=1S/C16H21FN4O2/c1-10(2)14-18-13(15(23)19-16(3,4)9-22)20-21(14)12-7-5-6-11(17)8-12/h5-8,10,22H,9H2,1-4H3,(H,19,23). The Kier molecular flexibility index (Phi) is 4.79. The molecule has 6 nitrogen and oxygen atoms in total. The van der Waals surface area contributed by atoms with E-state index in [1.54, 1.807) is 26.0 Å². The van der Waals surface area contributed by atoms with Gasteiger partial charge in [-0.3, -0.25) is 4.79 Å². The number of aliphatic hydroxyl groups is 1. The summed E-state index contributed by atoms with van der Waals surface area (Å²) < 4.78 is 14.9. The highest BCUT2D eigenvalue weighted by Gasteiger charge is 2.25. The van der Waals surface area contributed by atoms with Crippen molar-refractivity contribution in [1.29, 1.82) is 0 Å². The summed E-state index contributed by atoms with van der Waals surface area (Å²) in [6.07, 6.45) is 0. The number of carbonyl (C=O) groups excluding carboxylic acids is 1. The van der Waals surface area contributed by atoms with Gasteiger partial charge in [-0.05, 0) is 32.0 Å². The third-order valence-electron chi connectivity index (χ3n) is 3.25. The van der Waals surface area contributed by atoms with Gasteiger partial charge in [-0.25, -0.2) is 14.1 Å². The Labute approximate surface area is 134 Å². The molecular weight excluding hydrogens is 299 g/mol. The van der Waals surface area contributed by atoms with E-state index in [1.165, 1.54) is 16.8 Å². The van der Waals surface area contributed by atoms with Crippen molar-refractivity contribution >= 4 is 5.91 Å². The molecule has 0 saturated carbocycles. The van der Waals surface area contributed by atoms with E-state index in [2.05, 4.69) is 15.4 Å². The largest absolute Gasteiger partial charge is 0.394 e. The first-order chi connectivity index (χ1) is 10.7.